The monoisotopic (exact) mass is 213 g/mol. The van der Waals surface area contributed by atoms with Gasteiger partial charge in [-0.15, -0.1) is 0 Å². The Hall–Kier alpha value is -1.98. The maximum atomic E-state index is 13.0. The lowest BCUT2D eigenvalue weighted by Gasteiger charge is -2.03. The van der Waals surface area contributed by atoms with Gasteiger partial charge in [0.15, 0.2) is 11.6 Å². The van der Waals surface area contributed by atoms with E-state index in [-0.39, 0.29) is 11.4 Å². The fraction of sp³-hybridized carbons (Fsp3) is 0.111. The molecule has 0 heterocycles. The van der Waals surface area contributed by atoms with Crippen LogP contribution in [0.25, 0.3) is 0 Å². The standard InChI is InChI=1S/C9H9F2N3O/c1-6(5-12-15)13-14-9-7(10)3-2-4-8(9)11/h2-5,14-15H,1H3/b12-5+,13-6-. The van der Waals surface area contributed by atoms with Gasteiger partial charge in [-0.3, -0.25) is 5.43 Å². The Balaban J connectivity index is 2.86. The van der Waals surface area contributed by atoms with E-state index in [9.17, 15) is 8.78 Å². The summed E-state index contributed by atoms with van der Waals surface area (Å²) in [6.07, 6.45) is 1.03. The summed E-state index contributed by atoms with van der Waals surface area (Å²) in [6.45, 7) is 1.51. The van der Waals surface area contributed by atoms with Gasteiger partial charge in [-0.25, -0.2) is 8.78 Å². The Bertz CT molecular complexity index is 384. The van der Waals surface area contributed by atoms with Crippen LogP contribution in [-0.4, -0.2) is 17.1 Å². The summed E-state index contributed by atoms with van der Waals surface area (Å²) in [5.41, 5.74) is 2.14. The molecule has 0 saturated heterocycles. The number of hydrogen-bond acceptors (Lipinski definition) is 4. The van der Waals surface area contributed by atoms with E-state index in [1.54, 1.807) is 0 Å². The minimum atomic E-state index is -0.743. The number of anilines is 1. The molecule has 0 unspecified atom stereocenters. The van der Waals surface area contributed by atoms with Crippen LogP contribution in [0.4, 0.5) is 14.5 Å². The SMILES string of the molecule is CC(/C=N/O)=N/Nc1c(F)cccc1F. The van der Waals surface area contributed by atoms with Gasteiger partial charge in [0.2, 0.25) is 0 Å². The predicted molar refractivity (Wildman–Crippen MR) is 53.4 cm³/mol. The van der Waals surface area contributed by atoms with Crippen molar-refractivity contribution in [3.8, 4) is 0 Å². The van der Waals surface area contributed by atoms with Crippen LogP contribution in [0.1, 0.15) is 6.92 Å². The highest BCUT2D eigenvalue weighted by Gasteiger charge is 2.06. The van der Waals surface area contributed by atoms with Gasteiger partial charge in [-0.05, 0) is 19.1 Å². The molecule has 0 aliphatic heterocycles. The minimum Gasteiger partial charge on any atom is -0.411 e. The van der Waals surface area contributed by atoms with E-state index >= 15 is 0 Å². The molecule has 6 heteroatoms. The van der Waals surface area contributed by atoms with Crippen LogP contribution in [0, 0.1) is 11.6 Å². The third-order valence-corrected chi connectivity index (χ3v) is 1.55. The largest absolute Gasteiger partial charge is 0.411 e. The van der Waals surface area contributed by atoms with Crippen LogP contribution in [-0.2, 0) is 0 Å². The van der Waals surface area contributed by atoms with E-state index in [2.05, 4.69) is 15.7 Å². The summed E-state index contributed by atoms with van der Waals surface area (Å²) < 4.78 is 26.1. The molecule has 15 heavy (non-hydrogen) atoms. The normalized spacial score (nSPS) is 12.1. The number of nitrogens with one attached hydrogen (secondary N) is 1. The van der Waals surface area contributed by atoms with Crippen molar-refractivity contribution in [3.63, 3.8) is 0 Å². The fourth-order valence-electron chi connectivity index (χ4n) is 0.861. The summed E-state index contributed by atoms with van der Waals surface area (Å²) >= 11 is 0. The van der Waals surface area contributed by atoms with Crippen LogP contribution in [0.3, 0.4) is 0 Å². The van der Waals surface area contributed by atoms with E-state index in [1.807, 2.05) is 0 Å². The first-order valence-corrected chi connectivity index (χ1v) is 4.07. The van der Waals surface area contributed by atoms with Crippen molar-refractivity contribution in [1.29, 1.82) is 0 Å². The molecule has 0 spiro atoms. The first-order chi connectivity index (χ1) is 7.15. The molecular weight excluding hydrogens is 204 g/mol. The number of para-hydroxylation sites is 1. The van der Waals surface area contributed by atoms with Gasteiger partial charge >= 0.3 is 0 Å². The number of nitrogens with zero attached hydrogens (tertiary/aromatic N) is 2. The molecule has 0 bridgehead atoms. The van der Waals surface area contributed by atoms with E-state index in [0.717, 1.165) is 18.3 Å². The molecule has 0 aliphatic carbocycles. The van der Waals surface area contributed by atoms with Crippen LogP contribution in [0.2, 0.25) is 0 Å². The number of halogens is 2. The second kappa shape index (κ2) is 5.04. The summed E-state index contributed by atoms with van der Waals surface area (Å²) in [6, 6.07) is 3.47. The zero-order valence-corrected chi connectivity index (χ0v) is 7.91. The highest BCUT2D eigenvalue weighted by atomic mass is 19.1. The summed E-state index contributed by atoms with van der Waals surface area (Å²) in [5, 5.41) is 14.4. The lowest BCUT2D eigenvalue weighted by Crippen LogP contribution is -2.01. The van der Waals surface area contributed by atoms with Crippen molar-refractivity contribution in [2.45, 2.75) is 6.92 Å². The number of benzene rings is 1. The molecule has 0 radical (unpaired) electrons. The Morgan fingerprint density at radius 1 is 1.40 bits per heavy atom. The number of hydrogen-bond donors (Lipinski definition) is 2. The minimum absolute atomic E-state index is 0.278. The van der Waals surface area contributed by atoms with Gasteiger partial charge in [0.05, 0.1) is 11.9 Å². The van der Waals surface area contributed by atoms with Crippen molar-refractivity contribution >= 4 is 17.6 Å². The maximum Gasteiger partial charge on any atom is 0.151 e. The summed E-state index contributed by atoms with van der Waals surface area (Å²) in [7, 11) is 0. The van der Waals surface area contributed by atoms with Crippen molar-refractivity contribution in [3.05, 3.63) is 29.8 Å². The third-order valence-electron chi connectivity index (χ3n) is 1.55. The van der Waals surface area contributed by atoms with Crippen LogP contribution < -0.4 is 5.43 Å². The van der Waals surface area contributed by atoms with Gasteiger partial charge in [0, 0.05) is 0 Å². The smallest absolute Gasteiger partial charge is 0.151 e. The van der Waals surface area contributed by atoms with Gasteiger partial charge in [-0.2, -0.15) is 5.10 Å². The molecule has 0 atom stereocenters. The fourth-order valence-corrected chi connectivity index (χ4v) is 0.861. The Morgan fingerprint density at radius 2 is 2.00 bits per heavy atom. The molecule has 0 saturated carbocycles. The number of hydrazone groups is 1. The highest BCUT2D eigenvalue weighted by Crippen LogP contribution is 2.17. The lowest BCUT2D eigenvalue weighted by molar-refractivity contribution is 0.322. The van der Waals surface area contributed by atoms with Gasteiger partial charge < -0.3 is 5.21 Å². The van der Waals surface area contributed by atoms with E-state index in [4.69, 9.17) is 5.21 Å². The van der Waals surface area contributed by atoms with E-state index < -0.39 is 11.6 Å². The maximum absolute atomic E-state index is 13.0. The van der Waals surface area contributed by atoms with Crippen molar-refractivity contribution in [2.24, 2.45) is 10.3 Å². The highest BCUT2D eigenvalue weighted by molar-refractivity contribution is 6.29. The first-order valence-electron chi connectivity index (χ1n) is 4.07. The van der Waals surface area contributed by atoms with Gasteiger partial charge in [0.25, 0.3) is 0 Å². The quantitative estimate of drug-likeness (QED) is 0.459. The second-order valence-corrected chi connectivity index (χ2v) is 2.71. The number of oxime groups is 1. The third kappa shape index (κ3) is 3.01. The zero-order valence-electron chi connectivity index (χ0n) is 7.91. The van der Waals surface area contributed by atoms with Crippen molar-refractivity contribution < 1.29 is 14.0 Å². The topological polar surface area (TPSA) is 57.0 Å². The van der Waals surface area contributed by atoms with Gasteiger partial charge in [-0.1, -0.05) is 11.2 Å². The molecule has 1 aromatic carbocycles. The molecule has 1 rings (SSSR count). The van der Waals surface area contributed by atoms with Crippen molar-refractivity contribution in [1.82, 2.24) is 0 Å². The number of rotatable bonds is 3. The molecule has 0 amide bonds. The Labute approximate surface area is 84.9 Å². The van der Waals surface area contributed by atoms with Crippen LogP contribution in [0.5, 0.6) is 0 Å². The van der Waals surface area contributed by atoms with Crippen LogP contribution in [0.15, 0.2) is 28.5 Å². The molecule has 80 valence electrons. The molecule has 0 fully saturated rings. The van der Waals surface area contributed by atoms with Crippen LogP contribution >= 0.6 is 0 Å². The van der Waals surface area contributed by atoms with Gasteiger partial charge in [0.1, 0.15) is 5.69 Å². The predicted octanol–water partition coefficient (Wildman–Crippen LogP) is 2.21. The average Bonchev–Trinajstić information content (AvgIpc) is 2.17. The Morgan fingerprint density at radius 3 is 2.53 bits per heavy atom. The molecule has 2 N–H and O–H groups in total. The zero-order chi connectivity index (χ0) is 11.3. The molecule has 4 nitrogen and oxygen atoms in total. The van der Waals surface area contributed by atoms with E-state index in [1.165, 1.54) is 13.0 Å². The van der Waals surface area contributed by atoms with Crippen molar-refractivity contribution in [2.75, 3.05) is 5.43 Å². The average molecular weight is 213 g/mol. The summed E-state index contributed by atoms with van der Waals surface area (Å²) in [5.74, 6) is -1.49. The molecule has 0 aliphatic rings. The first kappa shape index (κ1) is 11.1. The molecule has 1 aromatic rings. The van der Waals surface area contributed by atoms with E-state index in [0.29, 0.717) is 0 Å². The summed E-state index contributed by atoms with van der Waals surface area (Å²) in [4.78, 5) is 0. The molecular formula is C9H9F2N3O. The second-order valence-electron chi connectivity index (χ2n) is 2.71. The lowest BCUT2D eigenvalue weighted by atomic mass is 10.3. The molecule has 0 aromatic heterocycles. The Kier molecular flexibility index (Phi) is 3.73.